The Kier molecular flexibility index (Phi) is 4.12. The largest absolute Gasteiger partial charge is 0.504 e. The zero-order valence-electron chi connectivity index (χ0n) is 14.5. The van der Waals surface area contributed by atoms with Crippen LogP contribution in [0.15, 0.2) is 48.5 Å². The van der Waals surface area contributed by atoms with Gasteiger partial charge in [0.15, 0.2) is 23.1 Å². The number of amides is 1. The van der Waals surface area contributed by atoms with Gasteiger partial charge in [0, 0.05) is 17.5 Å². The van der Waals surface area contributed by atoms with Crippen molar-refractivity contribution in [2.24, 2.45) is 0 Å². The Hall–Kier alpha value is -3.61. The molecule has 0 spiro atoms. The minimum Gasteiger partial charge on any atom is -0.504 e. The van der Waals surface area contributed by atoms with Crippen LogP contribution < -0.4 is 10.1 Å². The molecular weight excluding hydrogens is 346 g/mol. The number of methoxy groups -OCH3 is 1. The Morgan fingerprint density at radius 3 is 2.74 bits per heavy atom. The molecule has 0 fully saturated rings. The lowest BCUT2D eigenvalue weighted by molar-refractivity contribution is -0.116. The van der Waals surface area contributed by atoms with E-state index in [-0.39, 0.29) is 29.6 Å². The number of carbonyl (C=O) groups is 2. The highest BCUT2D eigenvalue weighted by atomic mass is 16.5. The molecule has 2 aromatic carbocycles. The van der Waals surface area contributed by atoms with Gasteiger partial charge in [-0.2, -0.15) is 5.10 Å². The Balaban J connectivity index is 1.80. The Labute approximate surface area is 155 Å². The van der Waals surface area contributed by atoms with Crippen molar-refractivity contribution in [3.05, 3.63) is 59.7 Å². The number of aromatic hydroxyl groups is 1. The summed E-state index contributed by atoms with van der Waals surface area (Å²) in [6.07, 6.45) is 0.0222. The summed E-state index contributed by atoms with van der Waals surface area (Å²) in [6.45, 7) is 0. The summed E-state index contributed by atoms with van der Waals surface area (Å²) in [5.41, 5.74) is 2.60. The molecule has 0 bridgehead atoms. The lowest BCUT2D eigenvalue weighted by atomic mass is 9.84. The first kappa shape index (κ1) is 16.8. The number of aromatic amines is 1. The summed E-state index contributed by atoms with van der Waals surface area (Å²) in [5, 5.41) is 19.6. The molecule has 4 rings (SSSR count). The van der Waals surface area contributed by atoms with Gasteiger partial charge in [-0.1, -0.05) is 30.3 Å². The first-order valence-corrected chi connectivity index (χ1v) is 8.43. The highest BCUT2D eigenvalue weighted by molar-refractivity contribution is 6.09. The van der Waals surface area contributed by atoms with Crippen LogP contribution in [0.3, 0.4) is 0 Å². The summed E-state index contributed by atoms with van der Waals surface area (Å²) < 4.78 is 5.09. The van der Waals surface area contributed by atoms with Gasteiger partial charge in [0.2, 0.25) is 5.91 Å². The lowest BCUT2D eigenvalue weighted by Gasteiger charge is -2.22. The Morgan fingerprint density at radius 2 is 2.00 bits per heavy atom. The van der Waals surface area contributed by atoms with Crippen LogP contribution in [0.2, 0.25) is 0 Å². The van der Waals surface area contributed by atoms with Gasteiger partial charge in [0.05, 0.1) is 18.7 Å². The van der Waals surface area contributed by atoms with Gasteiger partial charge in [-0.3, -0.25) is 14.7 Å². The number of nitrogens with zero attached hydrogens (tertiary/aromatic N) is 1. The van der Waals surface area contributed by atoms with E-state index < -0.39 is 5.92 Å². The number of H-pyrrole nitrogens is 1. The van der Waals surface area contributed by atoms with Crippen molar-refractivity contribution in [3.63, 3.8) is 0 Å². The van der Waals surface area contributed by atoms with Gasteiger partial charge in [0.1, 0.15) is 0 Å². The number of hydrogen-bond acceptors (Lipinski definition) is 5. The van der Waals surface area contributed by atoms with Crippen LogP contribution in [0.25, 0.3) is 11.3 Å². The van der Waals surface area contributed by atoms with Gasteiger partial charge in [-0.15, -0.1) is 0 Å². The maximum absolute atomic E-state index is 13.2. The monoisotopic (exact) mass is 363 g/mol. The topological polar surface area (TPSA) is 104 Å². The third kappa shape index (κ3) is 2.93. The maximum atomic E-state index is 13.2. The molecule has 7 heteroatoms. The SMILES string of the molecule is COc1cc(C(=O)C2CC(=O)Nc3n[nH]c(-c4ccccc4)c32)ccc1O. The summed E-state index contributed by atoms with van der Waals surface area (Å²) in [7, 11) is 1.42. The summed E-state index contributed by atoms with van der Waals surface area (Å²) >= 11 is 0. The highest BCUT2D eigenvalue weighted by Gasteiger charge is 2.36. The molecule has 1 aromatic heterocycles. The average molecular weight is 363 g/mol. The van der Waals surface area contributed by atoms with E-state index in [0.29, 0.717) is 22.6 Å². The minimum absolute atomic E-state index is 0.0222. The molecule has 0 saturated carbocycles. The van der Waals surface area contributed by atoms with Crippen molar-refractivity contribution >= 4 is 17.5 Å². The van der Waals surface area contributed by atoms with E-state index in [1.165, 1.54) is 25.3 Å². The van der Waals surface area contributed by atoms with Crippen molar-refractivity contribution in [1.29, 1.82) is 0 Å². The molecule has 0 aliphatic carbocycles. The second kappa shape index (κ2) is 6.60. The van der Waals surface area contributed by atoms with Crippen molar-refractivity contribution in [3.8, 4) is 22.8 Å². The third-order valence-corrected chi connectivity index (χ3v) is 4.64. The summed E-state index contributed by atoms with van der Waals surface area (Å²) in [4.78, 5) is 25.3. The van der Waals surface area contributed by atoms with Gasteiger partial charge in [0.25, 0.3) is 0 Å². The number of phenolic OH excluding ortho intramolecular Hbond substituents is 1. The van der Waals surface area contributed by atoms with Crippen molar-refractivity contribution in [1.82, 2.24) is 10.2 Å². The second-order valence-electron chi connectivity index (χ2n) is 6.28. The number of ether oxygens (including phenoxy) is 1. The molecule has 1 atom stereocenters. The molecule has 0 saturated heterocycles. The Morgan fingerprint density at radius 1 is 1.22 bits per heavy atom. The number of fused-ring (bicyclic) bond motifs is 1. The number of nitrogens with one attached hydrogen (secondary N) is 2. The van der Waals surface area contributed by atoms with Gasteiger partial charge in [-0.25, -0.2) is 0 Å². The molecule has 1 aliphatic rings. The van der Waals surface area contributed by atoms with Gasteiger partial charge >= 0.3 is 0 Å². The van der Waals surface area contributed by atoms with Crippen molar-refractivity contribution < 1.29 is 19.4 Å². The molecule has 27 heavy (non-hydrogen) atoms. The first-order valence-electron chi connectivity index (χ1n) is 8.43. The number of anilines is 1. The molecular formula is C20H17N3O4. The molecule has 2 heterocycles. The van der Waals surface area contributed by atoms with Gasteiger partial charge < -0.3 is 15.2 Å². The molecule has 1 aliphatic heterocycles. The number of hydrogen-bond donors (Lipinski definition) is 3. The predicted molar refractivity (Wildman–Crippen MR) is 99.0 cm³/mol. The van der Waals surface area contributed by atoms with Crippen LogP contribution in [-0.2, 0) is 4.79 Å². The normalized spacial score (nSPS) is 15.7. The number of benzene rings is 2. The van der Waals surface area contributed by atoms with E-state index in [9.17, 15) is 14.7 Å². The fourth-order valence-corrected chi connectivity index (χ4v) is 3.34. The lowest BCUT2D eigenvalue weighted by Crippen LogP contribution is -2.27. The van der Waals surface area contributed by atoms with Crippen LogP contribution in [0.4, 0.5) is 5.82 Å². The molecule has 7 nitrogen and oxygen atoms in total. The van der Waals surface area contributed by atoms with Crippen LogP contribution >= 0.6 is 0 Å². The summed E-state index contributed by atoms with van der Waals surface area (Å²) in [5.74, 6) is -0.659. The highest BCUT2D eigenvalue weighted by Crippen LogP contribution is 2.40. The Bertz CT molecular complexity index is 1030. The number of carbonyl (C=O) groups excluding carboxylic acids is 2. The number of ketones is 1. The van der Waals surface area contributed by atoms with E-state index in [0.717, 1.165) is 5.56 Å². The molecule has 1 unspecified atom stereocenters. The van der Waals surface area contributed by atoms with Crippen molar-refractivity contribution in [2.45, 2.75) is 12.3 Å². The van der Waals surface area contributed by atoms with Crippen LogP contribution in [-0.4, -0.2) is 34.1 Å². The number of rotatable bonds is 4. The predicted octanol–water partition coefficient (Wildman–Crippen LogP) is 3.10. The fourth-order valence-electron chi connectivity index (χ4n) is 3.34. The van der Waals surface area contributed by atoms with E-state index >= 15 is 0 Å². The first-order chi connectivity index (χ1) is 13.1. The van der Waals surface area contributed by atoms with Crippen LogP contribution in [0, 0.1) is 0 Å². The zero-order chi connectivity index (χ0) is 19.0. The number of aromatic nitrogens is 2. The molecule has 136 valence electrons. The molecule has 0 radical (unpaired) electrons. The summed E-state index contributed by atoms with van der Waals surface area (Å²) in [6, 6.07) is 13.9. The minimum atomic E-state index is -0.683. The average Bonchev–Trinajstić information content (AvgIpc) is 3.11. The second-order valence-corrected chi connectivity index (χ2v) is 6.28. The standard InChI is InChI=1S/C20H17N3O4/c1-27-15-9-12(7-8-14(15)24)19(26)13-10-16(25)21-20-17(13)18(22-23-20)11-5-3-2-4-6-11/h2-9,13,24H,10H2,1H3,(H2,21,22,23,25). The molecule has 3 N–H and O–H groups in total. The van der Waals surface area contributed by atoms with Crippen molar-refractivity contribution in [2.75, 3.05) is 12.4 Å². The van der Waals surface area contributed by atoms with Crippen LogP contribution in [0.5, 0.6) is 11.5 Å². The number of phenols is 1. The van der Waals surface area contributed by atoms with E-state index in [1.54, 1.807) is 0 Å². The zero-order valence-corrected chi connectivity index (χ0v) is 14.5. The third-order valence-electron chi connectivity index (χ3n) is 4.64. The quantitative estimate of drug-likeness (QED) is 0.618. The van der Waals surface area contributed by atoms with E-state index in [4.69, 9.17) is 4.74 Å². The smallest absolute Gasteiger partial charge is 0.226 e. The maximum Gasteiger partial charge on any atom is 0.226 e. The molecule has 1 amide bonds. The number of Topliss-reactive ketones (excluding diaryl/α,β-unsaturated/α-hetero) is 1. The van der Waals surface area contributed by atoms with E-state index in [2.05, 4.69) is 15.5 Å². The van der Waals surface area contributed by atoms with E-state index in [1.807, 2.05) is 30.3 Å². The fraction of sp³-hybridized carbons (Fsp3) is 0.150. The van der Waals surface area contributed by atoms with Crippen LogP contribution in [0.1, 0.15) is 28.3 Å². The molecule has 3 aromatic rings. The van der Waals surface area contributed by atoms with Gasteiger partial charge in [-0.05, 0) is 23.8 Å².